The molecule has 0 atom stereocenters. The second kappa shape index (κ2) is 7.53. The number of rotatable bonds is 5. The highest BCUT2D eigenvalue weighted by Crippen LogP contribution is 2.24. The van der Waals surface area contributed by atoms with Crippen LogP contribution in [-0.2, 0) is 17.6 Å². The van der Waals surface area contributed by atoms with E-state index in [2.05, 4.69) is 29.4 Å². The Kier molecular flexibility index (Phi) is 5.19. The van der Waals surface area contributed by atoms with Crippen LogP contribution < -0.4 is 5.32 Å². The minimum absolute atomic E-state index is 0.0720. The molecule has 3 rings (SSSR count). The molecule has 0 saturated carbocycles. The third kappa shape index (κ3) is 4.28. The average molecular weight is 358 g/mol. The van der Waals surface area contributed by atoms with Gasteiger partial charge in [-0.05, 0) is 24.1 Å². The number of halogens is 2. The van der Waals surface area contributed by atoms with Crippen LogP contribution in [0.1, 0.15) is 18.2 Å². The Morgan fingerprint density at radius 2 is 1.88 bits per heavy atom. The number of thiazole rings is 1. The lowest BCUT2D eigenvalue weighted by Crippen LogP contribution is -2.14. The summed E-state index contributed by atoms with van der Waals surface area (Å²) in [6.07, 6.45) is 1.05. The molecule has 1 N–H and O–H groups in total. The highest BCUT2D eigenvalue weighted by atomic mass is 32.1. The summed E-state index contributed by atoms with van der Waals surface area (Å²) in [5.74, 6) is -2.27. The molecule has 0 spiro atoms. The highest BCUT2D eigenvalue weighted by molar-refractivity contribution is 7.13. The first-order chi connectivity index (χ1) is 12.0. The van der Waals surface area contributed by atoms with Gasteiger partial charge in [-0.25, -0.2) is 13.8 Å². The van der Waals surface area contributed by atoms with Crippen LogP contribution in [0.25, 0.3) is 10.6 Å². The van der Waals surface area contributed by atoms with E-state index >= 15 is 0 Å². The maximum absolute atomic E-state index is 13.2. The number of carbonyl (C=O) groups excluding carboxylic acids is 1. The molecule has 0 bridgehead atoms. The molecule has 1 heterocycles. The van der Waals surface area contributed by atoms with Crippen molar-refractivity contribution >= 4 is 22.9 Å². The summed E-state index contributed by atoms with van der Waals surface area (Å²) >= 11 is 1.47. The number of aryl methyl sites for hydroxylation is 1. The van der Waals surface area contributed by atoms with Gasteiger partial charge in [0, 0.05) is 22.7 Å². The molecule has 0 fully saturated rings. The Hall–Kier alpha value is -2.60. The molecule has 6 heteroatoms. The summed E-state index contributed by atoms with van der Waals surface area (Å²) in [6, 6.07) is 11.4. The van der Waals surface area contributed by atoms with Crippen molar-refractivity contribution in [2.24, 2.45) is 0 Å². The topological polar surface area (TPSA) is 42.0 Å². The number of aromatic nitrogens is 1. The SMILES string of the molecule is CCc1ccc(-c2nc(CC(=O)Nc3ccc(F)c(F)c3)cs2)cc1. The van der Waals surface area contributed by atoms with Crippen LogP contribution in [0.2, 0.25) is 0 Å². The second-order valence-corrected chi connectivity index (χ2v) is 6.41. The summed E-state index contributed by atoms with van der Waals surface area (Å²) in [5.41, 5.74) is 3.12. The van der Waals surface area contributed by atoms with E-state index in [9.17, 15) is 13.6 Å². The number of hydrogen-bond donors (Lipinski definition) is 1. The van der Waals surface area contributed by atoms with Gasteiger partial charge < -0.3 is 5.32 Å². The molecule has 0 aliphatic heterocycles. The van der Waals surface area contributed by atoms with E-state index in [0.717, 1.165) is 29.1 Å². The quantitative estimate of drug-likeness (QED) is 0.710. The summed E-state index contributed by atoms with van der Waals surface area (Å²) in [5, 5.41) is 5.21. The summed E-state index contributed by atoms with van der Waals surface area (Å²) in [4.78, 5) is 16.5. The van der Waals surface area contributed by atoms with E-state index in [4.69, 9.17) is 0 Å². The molecular formula is C19H16F2N2OS. The van der Waals surface area contributed by atoms with E-state index in [1.54, 1.807) is 0 Å². The van der Waals surface area contributed by atoms with Crippen molar-refractivity contribution in [3.8, 4) is 10.6 Å². The van der Waals surface area contributed by atoms with Crippen LogP contribution in [0, 0.1) is 11.6 Å². The predicted octanol–water partition coefficient (Wildman–Crippen LogP) is 4.83. The zero-order valence-electron chi connectivity index (χ0n) is 13.6. The fourth-order valence-electron chi connectivity index (χ4n) is 2.35. The van der Waals surface area contributed by atoms with E-state index in [1.165, 1.54) is 23.0 Å². The van der Waals surface area contributed by atoms with E-state index in [1.807, 2.05) is 17.5 Å². The van der Waals surface area contributed by atoms with Gasteiger partial charge in [0.1, 0.15) is 5.01 Å². The third-order valence-electron chi connectivity index (χ3n) is 3.71. The molecule has 0 aliphatic carbocycles. The van der Waals surface area contributed by atoms with Gasteiger partial charge in [-0.15, -0.1) is 11.3 Å². The van der Waals surface area contributed by atoms with Crippen LogP contribution in [-0.4, -0.2) is 10.9 Å². The van der Waals surface area contributed by atoms with Crippen molar-refractivity contribution in [2.75, 3.05) is 5.32 Å². The van der Waals surface area contributed by atoms with Crippen LogP contribution >= 0.6 is 11.3 Å². The lowest BCUT2D eigenvalue weighted by Gasteiger charge is -2.04. The van der Waals surface area contributed by atoms with Gasteiger partial charge in [0.05, 0.1) is 12.1 Å². The van der Waals surface area contributed by atoms with Crippen LogP contribution in [0.4, 0.5) is 14.5 Å². The Morgan fingerprint density at radius 1 is 1.12 bits per heavy atom. The highest BCUT2D eigenvalue weighted by Gasteiger charge is 2.11. The van der Waals surface area contributed by atoms with Crippen LogP contribution in [0.15, 0.2) is 47.8 Å². The van der Waals surface area contributed by atoms with Crippen molar-refractivity contribution in [2.45, 2.75) is 19.8 Å². The average Bonchev–Trinajstić information content (AvgIpc) is 3.06. The smallest absolute Gasteiger partial charge is 0.230 e. The number of carbonyl (C=O) groups is 1. The lowest BCUT2D eigenvalue weighted by molar-refractivity contribution is -0.115. The van der Waals surface area contributed by atoms with Crippen molar-refractivity contribution in [1.82, 2.24) is 4.98 Å². The van der Waals surface area contributed by atoms with Crippen LogP contribution in [0.3, 0.4) is 0 Å². The van der Waals surface area contributed by atoms with E-state index in [-0.39, 0.29) is 18.0 Å². The van der Waals surface area contributed by atoms with Crippen molar-refractivity contribution in [1.29, 1.82) is 0 Å². The fraction of sp³-hybridized carbons (Fsp3) is 0.158. The van der Waals surface area contributed by atoms with Gasteiger partial charge in [-0.2, -0.15) is 0 Å². The molecule has 1 aromatic heterocycles. The van der Waals surface area contributed by atoms with E-state index < -0.39 is 11.6 Å². The lowest BCUT2D eigenvalue weighted by atomic mass is 10.1. The molecule has 0 saturated heterocycles. The van der Waals surface area contributed by atoms with Gasteiger partial charge in [-0.3, -0.25) is 4.79 Å². The number of nitrogens with zero attached hydrogens (tertiary/aromatic N) is 1. The number of amides is 1. The van der Waals surface area contributed by atoms with Gasteiger partial charge in [-0.1, -0.05) is 31.2 Å². The van der Waals surface area contributed by atoms with E-state index in [0.29, 0.717) is 5.69 Å². The van der Waals surface area contributed by atoms with Crippen LogP contribution in [0.5, 0.6) is 0 Å². The van der Waals surface area contributed by atoms with Gasteiger partial charge in [0.2, 0.25) is 5.91 Å². The second-order valence-electron chi connectivity index (χ2n) is 5.55. The zero-order valence-corrected chi connectivity index (χ0v) is 14.4. The Morgan fingerprint density at radius 3 is 2.56 bits per heavy atom. The molecular weight excluding hydrogens is 342 g/mol. The molecule has 0 aliphatic rings. The zero-order chi connectivity index (χ0) is 17.8. The van der Waals surface area contributed by atoms with Gasteiger partial charge in [0.25, 0.3) is 0 Å². The third-order valence-corrected chi connectivity index (χ3v) is 4.65. The maximum atomic E-state index is 13.2. The molecule has 2 aromatic carbocycles. The van der Waals surface area contributed by atoms with Gasteiger partial charge >= 0.3 is 0 Å². The number of benzene rings is 2. The summed E-state index contributed by atoms with van der Waals surface area (Å²) < 4.78 is 26.1. The molecule has 1 amide bonds. The van der Waals surface area contributed by atoms with Crippen molar-refractivity contribution in [3.63, 3.8) is 0 Å². The minimum Gasteiger partial charge on any atom is -0.326 e. The monoisotopic (exact) mass is 358 g/mol. The molecule has 128 valence electrons. The first-order valence-electron chi connectivity index (χ1n) is 7.83. The summed E-state index contributed by atoms with van der Waals surface area (Å²) in [7, 11) is 0. The number of hydrogen-bond acceptors (Lipinski definition) is 3. The number of nitrogens with one attached hydrogen (secondary N) is 1. The molecule has 0 radical (unpaired) electrons. The first-order valence-corrected chi connectivity index (χ1v) is 8.71. The number of anilines is 1. The largest absolute Gasteiger partial charge is 0.326 e. The summed E-state index contributed by atoms with van der Waals surface area (Å²) in [6.45, 7) is 2.10. The minimum atomic E-state index is -0.996. The fourth-order valence-corrected chi connectivity index (χ4v) is 3.17. The molecule has 0 unspecified atom stereocenters. The van der Waals surface area contributed by atoms with Crippen molar-refractivity contribution in [3.05, 3.63) is 70.7 Å². The molecule has 3 aromatic rings. The first kappa shape index (κ1) is 17.2. The van der Waals surface area contributed by atoms with Gasteiger partial charge in [0.15, 0.2) is 11.6 Å². The molecule has 25 heavy (non-hydrogen) atoms. The Bertz CT molecular complexity index is 891. The Labute approximate surface area is 148 Å². The molecule has 3 nitrogen and oxygen atoms in total. The predicted molar refractivity (Wildman–Crippen MR) is 95.6 cm³/mol. The maximum Gasteiger partial charge on any atom is 0.230 e. The Balaban J connectivity index is 1.65. The van der Waals surface area contributed by atoms with Crippen molar-refractivity contribution < 1.29 is 13.6 Å². The standard InChI is InChI=1S/C19H16F2N2OS/c1-2-12-3-5-13(6-4-12)19-23-15(11-25-19)10-18(24)22-14-7-8-16(20)17(21)9-14/h3-9,11H,2,10H2,1H3,(H,22,24). The normalized spacial score (nSPS) is 10.7.